The van der Waals surface area contributed by atoms with Crippen molar-refractivity contribution in [3.63, 3.8) is 0 Å². The van der Waals surface area contributed by atoms with Crippen LogP contribution in [-0.2, 0) is 36.6 Å². The van der Waals surface area contributed by atoms with Crippen LogP contribution < -0.4 is 16.7 Å². The minimum absolute atomic E-state index is 0.0370. The molecule has 0 unspecified atom stereocenters. The van der Waals surface area contributed by atoms with Crippen molar-refractivity contribution in [1.29, 1.82) is 0 Å². The Bertz CT molecular complexity index is 1250. The number of nitrogens with zero attached hydrogens (tertiary/aromatic N) is 5. The van der Waals surface area contributed by atoms with Gasteiger partial charge in [0.05, 0.1) is 13.0 Å². The molecule has 0 saturated heterocycles. The Morgan fingerprint density at radius 1 is 1.16 bits per heavy atom. The van der Waals surface area contributed by atoms with E-state index in [1.807, 2.05) is 18.2 Å². The highest BCUT2D eigenvalue weighted by atomic mass is 16.5. The third-order valence-electron chi connectivity index (χ3n) is 5.09. The van der Waals surface area contributed by atoms with E-state index >= 15 is 0 Å². The monoisotopic (exact) mass is 440 g/mol. The van der Waals surface area contributed by atoms with Gasteiger partial charge in [-0.1, -0.05) is 30.3 Å². The van der Waals surface area contributed by atoms with Gasteiger partial charge >= 0.3 is 11.7 Å². The predicted molar refractivity (Wildman–Crippen MR) is 123 cm³/mol. The molecule has 0 spiro atoms. The van der Waals surface area contributed by atoms with E-state index in [4.69, 9.17) is 4.74 Å². The van der Waals surface area contributed by atoms with E-state index in [9.17, 15) is 14.4 Å². The van der Waals surface area contributed by atoms with Crippen molar-refractivity contribution in [2.24, 2.45) is 19.2 Å². The van der Waals surface area contributed by atoms with E-state index in [1.165, 1.54) is 17.2 Å². The lowest BCUT2D eigenvalue weighted by molar-refractivity contribution is -0.141. The minimum Gasteiger partial charge on any atom is -0.466 e. The van der Waals surface area contributed by atoms with Gasteiger partial charge in [-0.2, -0.15) is 10.1 Å². The standard InChI is InChI=1S/C22H28N6O4/c1-5-32-17(29)14-15(2)24-25-21-23-19-18(20(30)27(4)22(31)26(19)3)28(21)13-9-12-16-10-7-6-8-11-16/h6-8,10-11H,5,9,12-14H2,1-4H3,(H,23,25). The van der Waals surface area contributed by atoms with Crippen LogP contribution >= 0.6 is 0 Å². The van der Waals surface area contributed by atoms with Crippen molar-refractivity contribution in [1.82, 2.24) is 18.7 Å². The number of aromatic nitrogens is 4. The Hall–Kier alpha value is -3.69. The number of hydrogen-bond donors (Lipinski definition) is 1. The largest absolute Gasteiger partial charge is 0.466 e. The second-order valence-electron chi connectivity index (χ2n) is 7.49. The molecule has 0 radical (unpaired) electrons. The van der Waals surface area contributed by atoms with Crippen LogP contribution in [0, 0.1) is 0 Å². The average molecular weight is 441 g/mol. The average Bonchev–Trinajstić information content (AvgIpc) is 3.14. The van der Waals surface area contributed by atoms with Gasteiger partial charge < -0.3 is 9.30 Å². The van der Waals surface area contributed by atoms with Crippen LogP contribution in [0.1, 0.15) is 32.3 Å². The van der Waals surface area contributed by atoms with Gasteiger partial charge in [0.25, 0.3) is 5.56 Å². The number of benzene rings is 1. The zero-order valence-corrected chi connectivity index (χ0v) is 18.8. The van der Waals surface area contributed by atoms with E-state index < -0.39 is 11.2 Å². The summed E-state index contributed by atoms with van der Waals surface area (Å²) in [6, 6.07) is 10.0. The number of hydrazone groups is 1. The molecule has 2 aromatic heterocycles. The fraction of sp³-hybridized carbons (Fsp3) is 0.409. The molecule has 0 fully saturated rings. The molecule has 0 aliphatic heterocycles. The molecule has 0 aliphatic rings. The Morgan fingerprint density at radius 2 is 1.88 bits per heavy atom. The van der Waals surface area contributed by atoms with E-state index in [1.54, 1.807) is 25.5 Å². The lowest BCUT2D eigenvalue weighted by Crippen LogP contribution is -2.37. The van der Waals surface area contributed by atoms with Crippen LogP contribution in [0.2, 0.25) is 0 Å². The van der Waals surface area contributed by atoms with Crippen LogP contribution in [-0.4, -0.2) is 37.0 Å². The molecular weight excluding hydrogens is 412 g/mol. The molecule has 1 N–H and O–H groups in total. The third-order valence-corrected chi connectivity index (χ3v) is 5.09. The molecule has 3 aromatic rings. The molecule has 10 heteroatoms. The number of carbonyl (C=O) groups excluding carboxylic acids is 1. The molecule has 0 amide bonds. The Morgan fingerprint density at radius 3 is 2.56 bits per heavy atom. The maximum atomic E-state index is 12.9. The number of nitrogens with one attached hydrogen (secondary N) is 1. The first-order valence-corrected chi connectivity index (χ1v) is 10.5. The molecular formula is C22H28N6O4. The summed E-state index contributed by atoms with van der Waals surface area (Å²) < 4.78 is 9.08. The van der Waals surface area contributed by atoms with Crippen LogP contribution in [0.5, 0.6) is 0 Å². The van der Waals surface area contributed by atoms with Crippen LogP contribution in [0.15, 0.2) is 45.0 Å². The highest BCUT2D eigenvalue weighted by Gasteiger charge is 2.19. The number of aryl methyl sites for hydroxylation is 3. The first-order valence-electron chi connectivity index (χ1n) is 10.5. The summed E-state index contributed by atoms with van der Waals surface area (Å²) in [5.41, 5.74) is 4.28. The van der Waals surface area contributed by atoms with Gasteiger partial charge in [-0.25, -0.2) is 10.2 Å². The number of hydrogen-bond acceptors (Lipinski definition) is 7. The van der Waals surface area contributed by atoms with Crippen molar-refractivity contribution in [3.8, 4) is 0 Å². The van der Waals surface area contributed by atoms with E-state index in [0.717, 1.165) is 17.4 Å². The van der Waals surface area contributed by atoms with Crippen LogP contribution in [0.3, 0.4) is 0 Å². The fourth-order valence-corrected chi connectivity index (χ4v) is 3.44. The van der Waals surface area contributed by atoms with Crippen LogP contribution in [0.25, 0.3) is 11.2 Å². The third kappa shape index (κ3) is 4.96. The molecule has 3 rings (SSSR count). The van der Waals surface area contributed by atoms with E-state index in [-0.39, 0.29) is 18.0 Å². The van der Waals surface area contributed by atoms with Crippen molar-refractivity contribution < 1.29 is 9.53 Å². The Balaban J connectivity index is 1.95. The number of esters is 1. The van der Waals surface area contributed by atoms with Gasteiger partial charge in [-0.05, 0) is 32.3 Å². The normalized spacial score (nSPS) is 11.7. The SMILES string of the molecule is CCOC(=O)CC(C)=NNc1nc2c(c(=O)n(C)c(=O)n2C)n1CCCc1ccccc1. The summed E-state index contributed by atoms with van der Waals surface area (Å²) in [6.45, 7) is 4.23. The molecule has 170 valence electrons. The second kappa shape index (κ2) is 10.1. The van der Waals surface area contributed by atoms with Crippen molar-refractivity contribution in [3.05, 3.63) is 56.7 Å². The van der Waals surface area contributed by atoms with Gasteiger partial charge in [-0.3, -0.25) is 18.7 Å². The van der Waals surface area contributed by atoms with Crippen molar-refractivity contribution in [2.75, 3.05) is 12.0 Å². The molecule has 1 aromatic carbocycles. The maximum absolute atomic E-state index is 12.9. The Labute approximate surface area is 185 Å². The number of rotatable bonds is 9. The topological polar surface area (TPSA) is 113 Å². The maximum Gasteiger partial charge on any atom is 0.332 e. The lowest BCUT2D eigenvalue weighted by Gasteiger charge is -2.10. The molecule has 0 saturated carbocycles. The first-order chi connectivity index (χ1) is 15.3. The molecule has 10 nitrogen and oxygen atoms in total. The summed E-state index contributed by atoms with van der Waals surface area (Å²) >= 11 is 0. The molecule has 0 aliphatic carbocycles. The number of imidazole rings is 1. The lowest BCUT2D eigenvalue weighted by atomic mass is 10.1. The van der Waals surface area contributed by atoms with E-state index in [0.29, 0.717) is 30.3 Å². The molecule has 0 bridgehead atoms. The summed E-state index contributed by atoms with van der Waals surface area (Å²) in [5, 5.41) is 4.23. The first kappa shape index (κ1) is 23.0. The number of anilines is 1. The Kier molecular flexibility index (Phi) is 7.24. The van der Waals surface area contributed by atoms with Gasteiger partial charge in [0.1, 0.15) is 0 Å². The minimum atomic E-state index is -0.454. The summed E-state index contributed by atoms with van der Waals surface area (Å²) in [7, 11) is 3.02. The van der Waals surface area contributed by atoms with Crippen LogP contribution in [0.4, 0.5) is 5.95 Å². The number of carbonyl (C=O) groups is 1. The zero-order valence-electron chi connectivity index (χ0n) is 18.8. The summed E-state index contributed by atoms with van der Waals surface area (Å²) in [4.78, 5) is 41.4. The second-order valence-corrected chi connectivity index (χ2v) is 7.49. The summed E-state index contributed by atoms with van der Waals surface area (Å²) in [6.07, 6.45) is 1.61. The molecule has 2 heterocycles. The van der Waals surface area contributed by atoms with Gasteiger partial charge in [0.15, 0.2) is 11.2 Å². The predicted octanol–water partition coefficient (Wildman–Crippen LogP) is 1.81. The van der Waals surface area contributed by atoms with Crippen molar-refractivity contribution >= 4 is 28.8 Å². The highest BCUT2D eigenvalue weighted by molar-refractivity contribution is 5.97. The van der Waals surface area contributed by atoms with Gasteiger partial charge in [-0.15, -0.1) is 0 Å². The summed E-state index contributed by atoms with van der Waals surface area (Å²) in [5.74, 6) is -0.0437. The molecule has 0 atom stereocenters. The number of fused-ring (bicyclic) bond motifs is 1. The smallest absolute Gasteiger partial charge is 0.332 e. The van der Waals surface area contributed by atoms with Gasteiger partial charge in [0.2, 0.25) is 5.95 Å². The zero-order chi connectivity index (χ0) is 23.3. The van der Waals surface area contributed by atoms with Crippen molar-refractivity contribution in [2.45, 2.75) is 39.7 Å². The number of ether oxygens (including phenoxy) is 1. The van der Waals surface area contributed by atoms with Gasteiger partial charge in [0, 0.05) is 26.4 Å². The molecule has 32 heavy (non-hydrogen) atoms. The fourth-order valence-electron chi connectivity index (χ4n) is 3.44. The quantitative estimate of drug-likeness (QED) is 0.308. The van der Waals surface area contributed by atoms with E-state index in [2.05, 4.69) is 27.6 Å². The highest BCUT2D eigenvalue weighted by Crippen LogP contribution is 2.17.